The van der Waals surface area contributed by atoms with Gasteiger partial charge in [-0.2, -0.15) is 0 Å². The Labute approximate surface area is 649 Å². The Balaban J connectivity index is 4.68. The molecule has 0 amide bonds. The molecule has 0 aliphatic rings. The molecule has 16 nitrogen and oxygen atoms in total. The number of aliphatic hydroxyl groups is 2. The van der Waals surface area contributed by atoms with Crippen molar-refractivity contribution < 1.29 is 75.8 Å². The van der Waals surface area contributed by atoms with Crippen molar-refractivity contribution in [1.82, 2.24) is 0 Å². The molecule has 0 aromatic carbocycles. The number of unbranched alkanes of at least 4 members (excludes halogenated alkanes) is 23. The molecule has 0 spiro atoms. The van der Waals surface area contributed by atoms with Crippen LogP contribution < -0.4 is 0 Å². The maximum absolute atomic E-state index is 13.0. The van der Waals surface area contributed by atoms with E-state index in [1.165, 1.54) is 38.5 Å². The molecule has 5 atom stereocenters. The van der Waals surface area contributed by atoms with Crippen LogP contribution >= 0.6 is 15.6 Å². The predicted octanol–water partition coefficient (Wildman–Crippen LogP) is 24.5. The topological polar surface area (TPSA) is 231 Å². The van der Waals surface area contributed by atoms with Crippen molar-refractivity contribution in [2.75, 3.05) is 39.6 Å². The molecule has 4 N–H and O–H groups in total. The fourth-order valence-electron chi connectivity index (χ4n) is 10.5. The summed E-state index contributed by atoms with van der Waals surface area (Å²) in [6.07, 6.45) is 104. The van der Waals surface area contributed by atoms with Gasteiger partial charge in [-0.15, -0.1) is 0 Å². The Bertz CT molecular complexity index is 2670. The zero-order valence-corrected chi connectivity index (χ0v) is 68.3. The van der Waals surface area contributed by atoms with E-state index in [0.717, 1.165) is 205 Å². The quantitative estimate of drug-likeness (QED) is 0.0146. The van der Waals surface area contributed by atoms with Gasteiger partial charge < -0.3 is 34.2 Å². The predicted molar refractivity (Wildman–Crippen MR) is 445 cm³/mol. The Morgan fingerprint density at radius 2 is 0.467 bits per heavy atom. The first kappa shape index (κ1) is 102. The molecular formula is C89H146O16P2. The monoisotopic (exact) mass is 1530 g/mol. The number of aliphatic hydroxyl groups excluding tert-OH is 2. The largest absolute Gasteiger partial charge is 0.472 e. The number of rotatable bonds is 76. The van der Waals surface area contributed by atoms with Gasteiger partial charge in [0.1, 0.15) is 25.4 Å². The second-order valence-electron chi connectivity index (χ2n) is 26.8. The van der Waals surface area contributed by atoms with Crippen LogP contribution in [0.2, 0.25) is 0 Å². The van der Waals surface area contributed by atoms with E-state index in [9.17, 15) is 43.5 Å². The third-order valence-corrected chi connectivity index (χ3v) is 18.5. The number of allylic oxidation sites excluding steroid dienone is 30. The number of carbonyl (C=O) groups is 3. The van der Waals surface area contributed by atoms with Crippen LogP contribution in [0.3, 0.4) is 0 Å². The van der Waals surface area contributed by atoms with Crippen LogP contribution in [0.15, 0.2) is 182 Å². The SMILES string of the molecule is CC/C=C\C/C=C\C/C=C\C/C=C\C/C=C\C/C=C\CCCCCCCCC(=O)OCC(COP(=O)(O)OCC(O)COP(=O)(O)OCC(O)COC(=O)CCCCCCCCCCCCC/C=C\C/C=C\C/C=C\C/C=C\C/C=C\CC)OC(=O)CCCCCCCC/C=C\C/C=C\C/C=C\C/C=C\CC. The standard InChI is InChI=1S/C89H146O16P2/c1-4-7-10-13-16-19-22-25-28-31-34-36-38-40-41-43-45-46-49-51-54-57-60-63-66-69-72-75-87(92)99-78-84(90)79-101-106(95,96)102-80-85(91)81-103-107(97,98)104-83-86(105-89(94)77-74-71-68-65-62-59-56-53-48-33-30-27-24-21-18-15-12-9-6-3)82-100-88(93)76-73-70-67-64-61-58-55-52-50-47-44-42-39-37-35-32-29-26-23-20-17-14-11-8-5-2/h7-12,16-21,25-30,34-37,40-42,44,48,50,52-53,84-86,90-91H,4-6,13-15,22-24,31-33,38-39,43,45-47,49,51,54-83H2,1-3H3,(H,95,96)(H,97,98)/b10-7-,11-8-,12-9-,19-16-,20-17-,21-18-,28-25-,29-26-,30-27-,36-34-,37-35-,41-40-,44-42-,52-50-,53-48-. The van der Waals surface area contributed by atoms with Crippen LogP contribution in [0.4, 0.5) is 0 Å². The Hall–Kier alpha value is -5.35. The van der Waals surface area contributed by atoms with E-state index in [2.05, 4.69) is 203 Å². The summed E-state index contributed by atoms with van der Waals surface area (Å²) >= 11 is 0. The molecule has 0 fully saturated rings. The molecule has 0 heterocycles. The molecule has 0 bridgehead atoms. The highest BCUT2D eigenvalue weighted by Gasteiger charge is 2.29. The molecule has 0 aliphatic heterocycles. The Morgan fingerprint density at radius 3 is 0.738 bits per heavy atom. The average Bonchev–Trinajstić information content (AvgIpc) is 0.909. The molecule has 608 valence electrons. The van der Waals surface area contributed by atoms with Crippen LogP contribution in [-0.4, -0.2) is 95.9 Å². The van der Waals surface area contributed by atoms with E-state index in [1.54, 1.807) is 0 Å². The molecule has 0 aromatic heterocycles. The van der Waals surface area contributed by atoms with Crippen molar-refractivity contribution in [1.29, 1.82) is 0 Å². The van der Waals surface area contributed by atoms with E-state index in [0.29, 0.717) is 19.3 Å². The Morgan fingerprint density at radius 1 is 0.262 bits per heavy atom. The molecule has 0 radical (unpaired) electrons. The van der Waals surface area contributed by atoms with E-state index in [-0.39, 0.29) is 19.3 Å². The van der Waals surface area contributed by atoms with Gasteiger partial charge in [-0.05, 0) is 154 Å². The first-order chi connectivity index (χ1) is 52.2. The third-order valence-electron chi connectivity index (χ3n) is 16.6. The second-order valence-corrected chi connectivity index (χ2v) is 29.7. The van der Waals surface area contributed by atoms with Crippen molar-refractivity contribution >= 4 is 33.6 Å². The number of ether oxygens (including phenoxy) is 3. The lowest BCUT2D eigenvalue weighted by atomic mass is 10.0. The minimum Gasteiger partial charge on any atom is -0.463 e. The maximum atomic E-state index is 13.0. The van der Waals surface area contributed by atoms with E-state index in [1.807, 2.05) is 0 Å². The van der Waals surface area contributed by atoms with Gasteiger partial charge in [-0.1, -0.05) is 312 Å². The summed E-state index contributed by atoms with van der Waals surface area (Å²) < 4.78 is 61.3. The molecule has 0 rings (SSSR count). The number of hydrogen-bond acceptors (Lipinski definition) is 14. The third kappa shape index (κ3) is 81.5. The highest BCUT2D eigenvalue weighted by atomic mass is 31.2. The number of carbonyl (C=O) groups excluding carboxylic acids is 3. The zero-order chi connectivity index (χ0) is 78.0. The van der Waals surface area contributed by atoms with E-state index < -0.39 is 91.5 Å². The van der Waals surface area contributed by atoms with Gasteiger partial charge in [0.05, 0.1) is 26.4 Å². The van der Waals surface area contributed by atoms with Gasteiger partial charge in [-0.25, -0.2) is 9.13 Å². The number of phosphoric acid groups is 2. The minimum absolute atomic E-state index is 0.0779. The second kappa shape index (κ2) is 80.2. The molecule has 0 aliphatic carbocycles. The van der Waals surface area contributed by atoms with Gasteiger partial charge in [0.2, 0.25) is 0 Å². The first-order valence-corrected chi connectivity index (χ1v) is 44.1. The molecule has 18 heteroatoms. The molecule has 107 heavy (non-hydrogen) atoms. The van der Waals surface area contributed by atoms with Crippen molar-refractivity contribution in [2.45, 2.75) is 322 Å². The minimum atomic E-state index is -4.95. The summed E-state index contributed by atoms with van der Waals surface area (Å²) in [5, 5.41) is 20.7. The van der Waals surface area contributed by atoms with E-state index >= 15 is 0 Å². The summed E-state index contributed by atoms with van der Waals surface area (Å²) in [6, 6.07) is 0. The molecule has 0 saturated heterocycles. The summed E-state index contributed by atoms with van der Waals surface area (Å²) in [7, 11) is -9.82. The fraction of sp³-hybridized carbons (Fsp3) is 0.629. The summed E-state index contributed by atoms with van der Waals surface area (Å²) in [6.45, 7) is 2.30. The lowest BCUT2D eigenvalue weighted by Crippen LogP contribution is -2.30. The highest BCUT2D eigenvalue weighted by molar-refractivity contribution is 7.47. The van der Waals surface area contributed by atoms with Crippen LogP contribution in [0, 0.1) is 0 Å². The normalized spacial score (nSPS) is 14.9. The van der Waals surface area contributed by atoms with Gasteiger partial charge in [0.15, 0.2) is 6.10 Å². The fourth-order valence-corrected chi connectivity index (χ4v) is 12.1. The van der Waals surface area contributed by atoms with Crippen molar-refractivity contribution in [3.05, 3.63) is 182 Å². The average molecular weight is 1530 g/mol. The van der Waals surface area contributed by atoms with Crippen molar-refractivity contribution in [2.24, 2.45) is 0 Å². The van der Waals surface area contributed by atoms with Gasteiger partial charge in [0.25, 0.3) is 0 Å². The number of hydrogen-bond donors (Lipinski definition) is 4. The first-order valence-electron chi connectivity index (χ1n) is 41.1. The van der Waals surface area contributed by atoms with Gasteiger partial charge >= 0.3 is 33.6 Å². The summed E-state index contributed by atoms with van der Waals surface area (Å²) in [4.78, 5) is 58.8. The molecular weight excluding hydrogens is 1390 g/mol. The van der Waals surface area contributed by atoms with Crippen LogP contribution in [0.25, 0.3) is 0 Å². The lowest BCUT2D eigenvalue weighted by Gasteiger charge is -2.21. The van der Waals surface area contributed by atoms with Crippen molar-refractivity contribution in [3.63, 3.8) is 0 Å². The molecule has 5 unspecified atom stereocenters. The van der Waals surface area contributed by atoms with Crippen molar-refractivity contribution in [3.8, 4) is 0 Å². The number of esters is 3. The lowest BCUT2D eigenvalue weighted by molar-refractivity contribution is -0.161. The van der Waals surface area contributed by atoms with Crippen LogP contribution in [0.5, 0.6) is 0 Å². The summed E-state index contributed by atoms with van der Waals surface area (Å²) in [5.74, 6) is -1.62. The summed E-state index contributed by atoms with van der Waals surface area (Å²) in [5.41, 5.74) is 0. The number of phosphoric ester groups is 2. The van der Waals surface area contributed by atoms with E-state index in [4.69, 9.17) is 32.3 Å². The van der Waals surface area contributed by atoms with Gasteiger partial charge in [0, 0.05) is 19.3 Å². The van der Waals surface area contributed by atoms with Gasteiger partial charge in [-0.3, -0.25) is 32.5 Å². The molecule has 0 saturated carbocycles. The Kier molecular flexibility index (Phi) is 76.2. The maximum Gasteiger partial charge on any atom is 0.472 e. The van der Waals surface area contributed by atoms with Crippen LogP contribution in [-0.2, 0) is 55.8 Å². The highest BCUT2D eigenvalue weighted by Crippen LogP contribution is 2.45. The zero-order valence-electron chi connectivity index (χ0n) is 66.5. The smallest absolute Gasteiger partial charge is 0.463 e. The molecule has 0 aromatic rings. The van der Waals surface area contributed by atoms with Crippen LogP contribution in [0.1, 0.15) is 303 Å².